The van der Waals surface area contributed by atoms with Crippen LogP contribution in [0, 0.1) is 10.1 Å². The zero-order valence-electron chi connectivity index (χ0n) is 15.2. The minimum atomic E-state index is -4.47. The van der Waals surface area contributed by atoms with Crippen molar-refractivity contribution in [3.05, 3.63) is 38.2 Å². The van der Waals surface area contributed by atoms with Gasteiger partial charge in [-0.2, -0.15) is 23.0 Å². The van der Waals surface area contributed by atoms with Gasteiger partial charge in [0.25, 0.3) is 0 Å². The predicted molar refractivity (Wildman–Crippen MR) is 98.0 cm³/mol. The molecule has 0 aromatic carbocycles. The zero-order valence-corrected chi connectivity index (χ0v) is 16.7. The van der Waals surface area contributed by atoms with E-state index in [1.54, 1.807) is 0 Å². The van der Waals surface area contributed by atoms with E-state index in [1.165, 1.54) is 15.6 Å². The van der Waals surface area contributed by atoms with Crippen LogP contribution in [0.5, 0.6) is 0 Å². The Morgan fingerprint density at radius 2 is 2.07 bits per heavy atom. The lowest BCUT2D eigenvalue weighted by atomic mass is 10.2. The average Bonchev–Trinajstić information content (AvgIpc) is 3.26. The molecule has 1 saturated carbocycles. The fraction of sp³-hybridized carbons (Fsp3) is 0.562. The maximum absolute atomic E-state index is 12.9. The molecule has 1 fully saturated rings. The number of halogens is 4. The van der Waals surface area contributed by atoms with Gasteiger partial charge in [-0.25, -0.2) is 0 Å². The first-order valence-corrected chi connectivity index (χ1v) is 9.73. The van der Waals surface area contributed by atoms with E-state index < -0.39 is 16.8 Å². The zero-order chi connectivity index (χ0) is 21.2. The number of carbonyl (C=O) groups is 1. The lowest BCUT2D eigenvalue weighted by Gasteiger charge is -2.08. The number of aryl methyl sites for hydroxylation is 2. The Morgan fingerprint density at radius 1 is 1.34 bits per heavy atom. The molecule has 1 aliphatic carbocycles. The van der Waals surface area contributed by atoms with Crippen molar-refractivity contribution in [2.24, 2.45) is 0 Å². The molecule has 1 amide bonds. The summed E-state index contributed by atoms with van der Waals surface area (Å²) < 4.78 is 41.5. The first-order chi connectivity index (χ1) is 13.6. The van der Waals surface area contributed by atoms with Gasteiger partial charge in [0, 0.05) is 31.1 Å². The van der Waals surface area contributed by atoms with Crippen LogP contribution in [0.15, 0.2) is 16.7 Å². The maximum Gasteiger partial charge on any atom is 0.435 e. The summed E-state index contributed by atoms with van der Waals surface area (Å²) in [5.74, 6) is -0.474. The summed E-state index contributed by atoms with van der Waals surface area (Å²) >= 11 is 3.03. The van der Waals surface area contributed by atoms with Crippen molar-refractivity contribution in [3.63, 3.8) is 0 Å². The van der Waals surface area contributed by atoms with Crippen molar-refractivity contribution < 1.29 is 22.9 Å². The first-order valence-electron chi connectivity index (χ1n) is 8.94. The smallest absolute Gasteiger partial charge is 0.358 e. The van der Waals surface area contributed by atoms with Crippen molar-refractivity contribution in [1.29, 1.82) is 0 Å². The van der Waals surface area contributed by atoms with E-state index in [1.807, 2.05) is 0 Å². The van der Waals surface area contributed by atoms with Crippen LogP contribution in [-0.4, -0.2) is 36.9 Å². The SMILES string of the molecule is O=C(CCn1cc(Br)c([N+](=O)[O-])n1)NCCCn1nc(C(F)(F)F)cc1C1CC1. The Labute approximate surface area is 171 Å². The quantitative estimate of drug-likeness (QED) is 0.338. The third kappa shape index (κ3) is 5.55. The van der Waals surface area contributed by atoms with Gasteiger partial charge in [-0.05, 0) is 46.2 Å². The second-order valence-electron chi connectivity index (χ2n) is 6.72. The van der Waals surface area contributed by atoms with Crippen molar-refractivity contribution in [3.8, 4) is 0 Å². The van der Waals surface area contributed by atoms with Crippen LogP contribution in [0.2, 0.25) is 0 Å². The summed E-state index contributed by atoms with van der Waals surface area (Å²) in [7, 11) is 0. The van der Waals surface area contributed by atoms with E-state index >= 15 is 0 Å². The van der Waals surface area contributed by atoms with Gasteiger partial charge in [-0.3, -0.25) is 9.48 Å². The van der Waals surface area contributed by atoms with Gasteiger partial charge in [-0.15, -0.1) is 0 Å². The Hall–Kier alpha value is -2.44. The molecule has 2 aromatic heterocycles. The first kappa shape index (κ1) is 21.3. The van der Waals surface area contributed by atoms with E-state index in [0.29, 0.717) is 12.1 Å². The molecule has 2 aromatic rings. The van der Waals surface area contributed by atoms with E-state index in [9.17, 15) is 28.1 Å². The van der Waals surface area contributed by atoms with Crippen LogP contribution < -0.4 is 5.32 Å². The third-order valence-electron chi connectivity index (χ3n) is 4.41. The molecule has 0 atom stereocenters. The minimum Gasteiger partial charge on any atom is -0.358 e. The Kier molecular flexibility index (Phi) is 6.24. The standard InChI is InChI=1S/C16H18BrF3N6O3/c17-11-9-24(23-15(11)26(28)29)7-4-14(27)21-5-1-6-25-12(10-2-3-10)8-13(22-25)16(18,19)20/h8-10H,1-7H2,(H,21,27). The molecule has 13 heteroatoms. The van der Waals surface area contributed by atoms with Crippen LogP contribution in [0.25, 0.3) is 0 Å². The molecule has 3 rings (SSSR count). The lowest BCUT2D eigenvalue weighted by Crippen LogP contribution is -2.26. The van der Waals surface area contributed by atoms with Gasteiger partial charge >= 0.3 is 12.0 Å². The molecule has 2 heterocycles. The summed E-state index contributed by atoms with van der Waals surface area (Å²) in [6, 6.07) is 1.11. The monoisotopic (exact) mass is 478 g/mol. The van der Waals surface area contributed by atoms with Gasteiger partial charge in [0.05, 0.1) is 17.8 Å². The van der Waals surface area contributed by atoms with Gasteiger partial charge in [0.15, 0.2) is 5.69 Å². The van der Waals surface area contributed by atoms with Gasteiger partial charge < -0.3 is 15.4 Å². The summed E-state index contributed by atoms with van der Waals surface area (Å²) in [5.41, 5.74) is -0.294. The predicted octanol–water partition coefficient (Wildman–Crippen LogP) is 3.24. The molecule has 1 N–H and O–H groups in total. The fourth-order valence-electron chi connectivity index (χ4n) is 2.84. The van der Waals surface area contributed by atoms with Crippen LogP contribution in [0.1, 0.15) is 43.0 Å². The summed E-state index contributed by atoms with van der Waals surface area (Å²) in [5, 5.41) is 20.8. The minimum absolute atomic E-state index is 0.0680. The number of alkyl halides is 3. The molecule has 0 spiro atoms. The van der Waals surface area contributed by atoms with E-state index in [0.717, 1.165) is 18.9 Å². The fourth-order valence-corrected chi connectivity index (χ4v) is 3.30. The number of carbonyl (C=O) groups excluding carboxylic acids is 1. The lowest BCUT2D eigenvalue weighted by molar-refractivity contribution is -0.390. The summed E-state index contributed by atoms with van der Waals surface area (Å²) in [6.07, 6.45) is -0.828. The van der Waals surface area contributed by atoms with Crippen LogP contribution in [0.4, 0.5) is 19.0 Å². The summed E-state index contributed by atoms with van der Waals surface area (Å²) in [6.45, 7) is 0.728. The van der Waals surface area contributed by atoms with E-state index in [-0.39, 0.29) is 48.2 Å². The highest BCUT2D eigenvalue weighted by Gasteiger charge is 2.37. The number of hydrogen-bond acceptors (Lipinski definition) is 5. The number of nitro groups is 1. The van der Waals surface area contributed by atoms with Crippen LogP contribution in [-0.2, 0) is 24.1 Å². The number of rotatable bonds is 9. The van der Waals surface area contributed by atoms with Crippen molar-refractivity contribution in [1.82, 2.24) is 24.9 Å². The number of nitrogens with zero attached hydrogens (tertiary/aromatic N) is 5. The second-order valence-corrected chi connectivity index (χ2v) is 7.58. The van der Waals surface area contributed by atoms with Crippen LogP contribution in [0.3, 0.4) is 0 Å². The third-order valence-corrected chi connectivity index (χ3v) is 4.97. The molecule has 0 aliphatic heterocycles. The molecule has 9 nitrogen and oxygen atoms in total. The van der Waals surface area contributed by atoms with Gasteiger partial charge in [0.2, 0.25) is 5.91 Å². The largest absolute Gasteiger partial charge is 0.435 e. The molecular weight excluding hydrogens is 461 g/mol. The van der Waals surface area contributed by atoms with Crippen molar-refractivity contribution in [2.75, 3.05) is 6.54 Å². The summed E-state index contributed by atoms with van der Waals surface area (Å²) in [4.78, 5) is 22.0. The molecule has 1 aliphatic rings. The molecule has 0 unspecified atom stereocenters. The number of amides is 1. The molecule has 0 radical (unpaired) electrons. The topological polar surface area (TPSA) is 108 Å². The second kappa shape index (κ2) is 8.51. The molecular formula is C16H18BrF3N6O3. The Morgan fingerprint density at radius 3 is 2.66 bits per heavy atom. The number of hydrogen-bond donors (Lipinski definition) is 1. The van der Waals surface area contributed by atoms with Crippen LogP contribution >= 0.6 is 15.9 Å². The molecule has 29 heavy (non-hydrogen) atoms. The van der Waals surface area contributed by atoms with Crippen molar-refractivity contribution in [2.45, 2.75) is 50.9 Å². The van der Waals surface area contributed by atoms with Crippen molar-refractivity contribution >= 4 is 27.7 Å². The molecule has 158 valence electrons. The van der Waals surface area contributed by atoms with E-state index in [4.69, 9.17) is 0 Å². The van der Waals surface area contributed by atoms with Gasteiger partial charge in [-0.1, -0.05) is 0 Å². The molecule has 0 saturated heterocycles. The normalized spacial score (nSPS) is 14.2. The maximum atomic E-state index is 12.9. The number of nitrogens with one attached hydrogen (secondary N) is 1. The highest BCUT2D eigenvalue weighted by Crippen LogP contribution is 2.42. The molecule has 0 bridgehead atoms. The Balaban J connectivity index is 1.43. The number of aromatic nitrogens is 4. The van der Waals surface area contributed by atoms with Gasteiger partial charge in [0.1, 0.15) is 4.47 Å². The average molecular weight is 479 g/mol. The van der Waals surface area contributed by atoms with E-state index in [2.05, 4.69) is 31.4 Å². The highest BCUT2D eigenvalue weighted by molar-refractivity contribution is 9.10. The highest BCUT2D eigenvalue weighted by atomic mass is 79.9. The Bertz CT molecular complexity index is 906.